The summed E-state index contributed by atoms with van der Waals surface area (Å²) in [6.45, 7) is 0. The fraction of sp³-hybridized carbons (Fsp3) is 0.105. The Labute approximate surface area is 144 Å². The summed E-state index contributed by atoms with van der Waals surface area (Å²) in [6.07, 6.45) is 5.65. The van der Waals surface area contributed by atoms with Crippen molar-refractivity contribution in [3.8, 4) is 23.0 Å². The van der Waals surface area contributed by atoms with Gasteiger partial charge in [0.2, 0.25) is 0 Å². The third-order valence-electron chi connectivity index (χ3n) is 3.45. The molecule has 0 aliphatic carbocycles. The Morgan fingerprint density at radius 3 is 2.32 bits per heavy atom. The van der Waals surface area contributed by atoms with Crippen LogP contribution in [0.4, 0.5) is 0 Å². The van der Waals surface area contributed by atoms with Gasteiger partial charge in [0.1, 0.15) is 11.5 Å². The molecule has 25 heavy (non-hydrogen) atoms. The number of phenols is 2. The normalized spacial score (nSPS) is 11.1. The van der Waals surface area contributed by atoms with Crippen molar-refractivity contribution >= 4 is 24.2 Å². The van der Waals surface area contributed by atoms with Gasteiger partial charge in [-0.15, -0.1) is 0 Å². The maximum atomic E-state index is 10.7. The summed E-state index contributed by atoms with van der Waals surface area (Å²) in [6, 6.07) is 7.98. The molecule has 130 valence electrons. The van der Waals surface area contributed by atoms with Crippen LogP contribution in [0.2, 0.25) is 0 Å². The lowest BCUT2D eigenvalue weighted by Gasteiger charge is -2.08. The van der Waals surface area contributed by atoms with E-state index in [4.69, 9.17) is 14.6 Å². The van der Waals surface area contributed by atoms with Gasteiger partial charge in [0.05, 0.1) is 14.2 Å². The molecule has 0 saturated carbocycles. The molecule has 0 fully saturated rings. The maximum Gasteiger partial charge on any atom is 0.328 e. The summed E-state index contributed by atoms with van der Waals surface area (Å²) in [4.78, 5) is 10.7. The molecule has 0 aliphatic heterocycles. The Balaban J connectivity index is 2.44. The smallest absolute Gasteiger partial charge is 0.328 e. The van der Waals surface area contributed by atoms with E-state index in [1.807, 2.05) is 0 Å². The first-order valence-corrected chi connectivity index (χ1v) is 7.31. The Bertz CT molecular complexity index is 836. The maximum absolute atomic E-state index is 10.7. The molecule has 2 rings (SSSR count). The Morgan fingerprint density at radius 1 is 0.960 bits per heavy atom. The van der Waals surface area contributed by atoms with Gasteiger partial charge in [0, 0.05) is 17.7 Å². The molecule has 0 spiro atoms. The number of methoxy groups -OCH3 is 2. The van der Waals surface area contributed by atoms with E-state index in [0.29, 0.717) is 28.2 Å². The monoisotopic (exact) mass is 342 g/mol. The van der Waals surface area contributed by atoms with E-state index in [1.165, 1.54) is 32.4 Å². The largest absolute Gasteiger partial charge is 0.507 e. The van der Waals surface area contributed by atoms with Gasteiger partial charge >= 0.3 is 5.97 Å². The molecule has 0 radical (unpaired) electrons. The van der Waals surface area contributed by atoms with Gasteiger partial charge in [-0.25, -0.2) is 4.79 Å². The van der Waals surface area contributed by atoms with Crippen molar-refractivity contribution in [1.29, 1.82) is 0 Å². The minimum Gasteiger partial charge on any atom is -0.507 e. The summed E-state index contributed by atoms with van der Waals surface area (Å²) in [5, 5.41) is 28.7. The fourth-order valence-corrected chi connectivity index (χ4v) is 2.22. The minimum absolute atomic E-state index is 0.00383. The molecule has 2 aromatic rings. The molecule has 0 amide bonds. The predicted molar refractivity (Wildman–Crippen MR) is 94.9 cm³/mol. The van der Waals surface area contributed by atoms with Crippen LogP contribution in [0.1, 0.15) is 16.7 Å². The van der Waals surface area contributed by atoms with E-state index in [9.17, 15) is 15.0 Å². The quantitative estimate of drug-likeness (QED) is 0.550. The van der Waals surface area contributed by atoms with Crippen molar-refractivity contribution in [3.63, 3.8) is 0 Å². The fourth-order valence-electron chi connectivity index (χ4n) is 2.22. The molecule has 0 saturated heterocycles. The van der Waals surface area contributed by atoms with Crippen molar-refractivity contribution in [2.75, 3.05) is 14.2 Å². The molecule has 0 aliphatic rings. The first-order valence-electron chi connectivity index (χ1n) is 7.31. The number of carboxylic acids is 1. The zero-order valence-corrected chi connectivity index (χ0v) is 13.8. The van der Waals surface area contributed by atoms with E-state index in [2.05, 4.69) is 0 Å². The van der Waals surface area contributed by atoms with Crippen LogP contribution in [-0.2, 0) is 4.79 Å². The minimum atomic E-state index is -1.12. The van der Waals surface area contributed by atoms with Crippen LogP contribution in [-0.4, -0.2) is 35.5 Å². The van der Waals surface area contributed by atoms with Crippen LogP contribution in [0.25, 0.3) is 18.2 Å². The van der Waals surface area contributed by atoms with Crippen LogP contribution in [0.5, 0.6) is 23.0 Å². The highest BCUT2D eigenvalue weighted by molar-refractivity contribution is 5.88. The van der Waals surface area contributed by atoms with Gasteiger partial charge in [-0.3, -0.25) is 0 Å². The number of phenolic OH excluding ortho intramolecular Hbond substituents is 2. The zero-order chi connectivity index (χ0) is 18.4. The highest BCUT2D eigenvalue weighted by atomic mass is 16.5. The van der Waals surface area contributed by atoms with Crippen LogP contribution < -0.4 is 9.47 Å². The second-order valence-corrected chi connectivity index (χ2v) is 5.09. The second kappa shape index (κ2) is 7.92. The number of benzene rings is 2. The lowest BCUT2D eigenvalue weighted by atomic mass is 10.0. The lowest BCUT2D eigenvalue weighted by molar-refractivity contribution is -0.131. The van der Waals surface area contributed by atoms with E-state index in [1.54, 1.807) is 30.4 Å². The average molecular weight is 342 g/mol. The van der Waals surface area contributed by atoms with Crippen molar-refractivity contribution in [3.05, 3.63) is 53.1 Å². The lowest BCUT2D eigenvalue weighted by Crippen LogP contribution is -1.90. The van der Waals surface area contributed by atoms with Crippen LogP contribution in [0, 0.1) is 0 Å². The van der Waals surface area contributed by atoms with Gasteiger partial charge in [-0.2, -0.15) is 0 Å². The number of rotatable bonds is 6. The Morgan fingerprint density at radius 2 is 1.72 bits per heavy atom. The van der Waals surface area contributed by atoms with Crippen LogP contribution in [0.15, 0.2) is 36.4 Å². The standard InChI is InChI=1S/C19H18O6/c1-24-14-10-13(15(16(20)11-14)6-8-19(22)23)5-3-12-4-7-18(25-2)17(21)9-12/h3-11,20-21H,1-2H3,(H,22,23)/b5-3+,8-6+. The SMILES string of the molecule is COc1cc(O)c(/C=C/C(=O)O)c(/C=C/c2ccc(OC)c(O)c2)c1. The number of carboxylic acid groups (broad SMARTS) is 1. The number of aliphatic carboxylic acids is 1. The number of aromatic hydroxyl groups is 2. The molecular weight excluding hydrogens is 324 g/mol. The molecule has 6 heteroatoms. The zero-order valence-electron chi connectivity index (χ0n) is 13.8. The molecule has 0 atom stereocenters. The molecule has 0 bridgehead atoms. The molecule has 3 N–H and O–H groups in total. The van der Waals surface area contributed by atoms with E-state index >= 15 is 0 Å². The number of hydrogen-bond acceptors (Lipinski definition) is 5. The van der Waals surface area contributed by atoms with E-state index < -0.39 is 5.97 Å². The molecule has 2 aromatic carbocycles. The molecule has 6 nitrogen and oxygen atoms in total. The number of carbonyl (C=O) groups is 1. The van der Waals surface area contributed by atoms with Gasteiger partial charge in [0.25, 0.3) is 0 Å². The van der Waals surface area contributed by atoms with Gasteiger partial charge in [-0.1, -0.05) is 18.2 Å². The Kier molecular flexibility index (Phi) is 5.68. The first kappa shape index (κ1) is 17.9. The van der Waals surface area contributed by atoms with E-state index in [-0.39, 0.29) is 11.5 Å². The molecular formula is C19H18O6. The van der Waals surface area contributed by atoms with E-state index in [0.717, 1.165) is 6.08 Å². The average Bonchev–Trinajstić information content (AvgIpc) is 2.58. The van der Waals surface area contributed by atoms with Crippen molar-refractivity contribution in [2.45, 2.75) is 0 Å². The number of ether oxygens (including phenoxy) is 2. The van der Waals surface area contributed by atoms with Crippen LogP contribution in [0.3, 0.4) is 0 Å². The predicted octanol–water partition coefficient (Wildman–Crippen LogP) is 3.38. The molecule has 0 unspecified atom stereocenters. The van der Waals surface area contributed by atoms with Crippen molar-refractivity contribution < 1.29 is 29.6 Å². The number of hydrogen-bond donors (Lipinski definition) is 3. The highest BCUT2D eigenvalue weighted by Gasteiger charge is 2.08. The third-order valence-corrected chi connectivity index (χ3v) is 3.45. The topological polar surface area (TPSA) is 96.2 Å². The highest BCUT2D eigenvalue weighted by Crippen LogP contribution is 2.31. The van der Waals surface area contributed by atoms with Gasteiger partial charge < -0.3 is 24.8 Å². The van der Waals surface area contributed by atoms with Crippen molar-refractivity contribution in [1.82, 2.24) is 0 Å². The first-order chi connectivity index (χ1) is 11.9. The third kappa shape index (κ3) is 4.54. The summed E-state index contributed by atoms with van der Waals surface area (Å²) >= 11 is 0. The Hall–Kier alpha value is -3.41. The summed E-state index contributed by atoms with van der Waals surface area (Å²) in [5.41, 5.74) is 1.61. The second-order valence-electron chi connectivity index (χ2n) is 5.09. The van der Waals surface area contributed by atoms with Gasteiger partial charge in [-0.05, 0) is 35.4 Å². The molecule has 0 heterocycles. The molecule has 0 aromatic heterocycles. The van der Waals surface area contributed by atoms with Crippen molar-refractivity contribution in [2.24, 2.45) is 0 Å². The summed E-state index contributed by atoms with van der Waals surface area (Å²) < 4.78 is 10.1. The van der Waals surface area contributed by atoms with Gasteiger partial charge in [0.15, 0.2) is 11.5 Å². The van der Waals surface area contributed by atoms with Crippen LogP contribution >= 0.6 is 0 Å². The summed E-state index contributed by atoms with van der Waals surface area (Å²) in [5.74, 6) is -0.424. The summed E-state index contributed by atoms with van der Waals surface area (Å²) in [7, 11) is 2.93.